The van der Waals surface area contributed by atoms with Crippen LogP contribution in [0.1, 0.15) is 24.0 Å². The smallest absolute Gasteiger partial charge is 0.246 e. The van der Waals surface area contributed by atoms with Gasteiger partial charge in [-0.25, -0.2) is 5.10 Å². The van der Waals surface area contributed by atoms with Crippen molar-refractivity contribution >= 4 is 23.5 Å². The van der Waals surface area contributed by atoms with E-state index in [2.05, 4.69) is 49.2 Å². The maximum absolute atomic E-state index is 10.3. The highest BCUT2D eigenvalue weighted by atomic mass is 35.5. The molecule has 4 rings (SSSR count). The molecule has 0 saturated carbocycles. The van der Waals surface area contributed by atoms with E-state index in [1.165, 1.54) is 11.1 Å². The predicted molar refractivity (Wildman–Crippen MR) is 124 cm³/mol. The molecule has 1 aliphatic heterocycles. The predicted octanol–water partition coefficient (Wildman–Crippen LogP) is 3.11. The largest absolute Gasteiger partial charge is 0.395 e. The first-order valence-electron chi connectivity index (χ1n) is 10.7. The van der Waals surface area contributed by atoms with Crippen molar-refractivity contribution in [3.05, 3.63) is 70.7 Å². The number of aromatic nitrogens is 3. The van der Waals surface area contributed by atoms with E-state index in [9.17, 15) is 5.11 Å². The Hall–Kier alpha value is -2.61. The van der Waals surface area contributed by atoms with Crippen molar-refractivity contribution < 1.29 is 5.11 Å². The molecule has 1 aromatic heterocycles. The van der Waals surface area contributed by atoms with E-state index in [0.29, 0.717) is 17.9 Å². The van der Waals surface area contributed by atoms with Crippen LogP contribution in [0.4, 0.5) is 11.9 Å². The van der Waals surface area contributed by atoms with Crippen molar-refractivity contribution in [1.82, 2.24) is 20.1 Å². The van der Waals surface area contributed by atoms with Crippen LogP contribution >= 0.6 is 11.6 Å². The monoisotopic (exact) mass is 440 g/mol. The molecule has 8 heteroatoms. The Morgan fingerprint density at radius 2 is 1.81 bits per heavy atom. The molecular weight excluding hydrogens is 412 g/mol. The normalized spacial score (nSPS) is 16.0. The van der Waals surface area contributed by atoms with E-state index in [0.717, 1.165) is 43.9 Å². The maximum atomic E-state index is 10.3. The molecule has 2 heterocycles. The molecular formula is C23H29ClN6O. The van der Waals surface area contributed by atoms with Gasteiger partial charge in [0.2, 0.25) is 11.9 Å². The number of hydrogen-bond acceptors (Lipinski definition) is 6. The molecule has 0 aliphatic carbocycles. The molecule has 0 unspecified atom stereocenters. The van der Waals surface area contributed by atoms with Crippen LogP contribution in [0.25, 0.3) is 0 Å². The molecule has 0 spiro atoms. The number of nitrogens with zero attached hydrogens (tertiary/aromatic N) is 4. The molecule has 164 valence electrons. The zero-order valence-electron chi connectivity index (χ0n) is 17.5. The van der Waals surface area contributed by atoms with Crippen molar-refractivity contribution in [2.75, 3.05) is 30.3 Å². The number of nitrogens with one attached hydrogen (secondary N) is 1. The Balaban J connectivity index is 1.50. The second-order valence-electron chi connectivity index (χ2n) is 8.06. The number of H-pyrrole nitrogens is 1. The highest BCUT2D eigenvalue weighted by molar-refractivity contribution is 6.30. The molecule has 31 heavy (non-hydrogen) atoms. The lowest BCUT2D eigenvalue weighted by atomic mass is 9.97. The first-order valence-corrected chi connectivity index (χ1v) is 11.1. The number of aromatic amines is 1. The fourth-order valence-electron chi connectivity index (χ4n) is 4.33. The summed E-state index contributed by atoms with van der Waals surface area (Å²) in [6.07, 6.45) is 2.72. The highest BCUT2D eigenvalue weighted by Crippen LogP contribution is 2.25. The number of anilines is 2. The number of rotatable bonds is 8. The number of aliphatic hydroxyl groups excluding tert-OH is 1. The average Bonchev–Trinajstić information content (AvgIpc) is 3.24. The fourth-order valence-corrected chi connectivity index (χ4v) is 4.46. The van der Waals surface area contributed by atoms with Gasteiger partial charge in [0.25, 0.3) is 0 Å². The summed E-state index contributed by atoms with van der Waals surface area (Å²) >= 11 is 6.05. The summed E-state index contributed by atoms with van der Waals surface area (Å²) in [6, 6.07) is 18.8. The van der Waals surface area contributed by atoms with E-state index in [1.807, 2.05) is 30.3 Å². The van der Waals surface area contributed by atoms with Crippen LogP contribution in [0.3, 0.4) is 0 Å². The highest BCUT2D eigenvalue weighted by Gasteiger charge is 2.30. The number of nitrogen functional groups attached to an aromatic ring is 1. The van der Waals surface area contributed by atoms with Gasteiger partial charge in [0.1, 0.15) is 0 Å². The van der Waals surface area contributed by atoms with Crippen molar-refractivity contribution in [3.8, 4) is 0 Å². The molecule has 7 nitrogen and oxygen atoms in total. The molecule has 0 radical (unpaired) electrons. The maximum Gasteiger partial charge on any atom is 0.246 e. The van der Waals surface area contributed by atoms with Crippen LogP contribution in [0.5, 0.6) is 0 Å². The number of halogens is 1. The van der Waals surface area contributed by atoms with Crippen LogP contribution in [0.15, 0.2) is 54.6 Å². The van der Waals surface area contributed by atoms with Crippen molar-refractivity contribution in [2.24, 2.45) is 0 Å². The van der Waals surface area contributed by atoms with Gasteiger partial charge in [-0.05, 0) is 42.5 Å². The number of hydrogen-bond donors (Lipinski definition) is 3. The van der Waals surface area contributed by atoms with E-state index in [1.54, 1.807) is 0 Å². The van der Waals surface area contributed by atoms with Gasteiger partial charge in [0.05, 0.1) is 6.61 Å². The molecule has 1 aliphatic rings. The summed E-state index contributed by atoms with van der Waals surface area (Å²) in [7, 11) is 0. The lowest BCUT2D eigenvalue weighted by molar-refractivity contribution is 0.0632. The molecule has 0 bridgehead atoms. The molecule has 3 aromatic rings. The minimum Gasteiger partial charge on any atom is -0.395 e. The van der Waals surface area contributed by atoms with Gasteiger partial charge >= 0.3 is 0 Å². The summed E-state index contributed by atoms with van der Waals surface area (Å²) < 4.78 is 0. The summed E-state index contributed by atoms with van der Waals surface area (Å²) in [6.45, 7) is 2.61. The number of aliphatic hydroxyl groups is 1. The molecule has 1 saturated heterocycles. The van der Waals surface area contributed by atoms with Crippen LogP contribution in [-0.2, 0) is 13.0 Å². The summed E-state index contributed by atoms with van der Waals surface area (Å²) in [5, 5.41) is 18.0. The number of piperidine rings is 1. The van der Waals surface area contributed by atoms with Crippen molar-refractivity contribution in [3.63, 3.8) is 0 Å². The zero-order chi connectivity index (χ0) is 21.6. The van der Waals surface area contributed by atoms with E-state index in [-0.39, 0.29) is 12.6 Å². The van der Waals surface area contributed by atoms with Crippen molar-refractivity contribution in [2.45, 2.75) is 37.9 Å². The Morgan fingerprint density at radius 3 is 2.42 bits per heavy atom. The fraction of sp³-hybridized carbons (Fsp3) is 0.391. The average molecular weight is 441 g/mol. The van der Waals surface area contributed by atoms with Gasteiger partial charge in [-0.15, -0.1) is 5.10 Å². The SMILES string of the molecule is Nc1nc(N2CCC(N(Cc3ccccc3)[C@H](CO)Cc3ccc(Cl)cc3)CC2)n[nH]1. The molecule has 4 N–H and O–H groups in total. The molecule has 1 atom stereocenters. The van der Waals surface area contributed by atoms with Crippen LogP contribution in [0.2, 0.25) is 5.02 Å². The second-order valence-corrected chi connectivity index (χ2v) is 8.50. The summed E-state index contributed by atoms with van der Waals surface area (Å²) in [5.74, 6) is 0.997. The van der Waals surface area contributed by atoms with Gasteiger partial charge in [-0.3, -0.25) is 4.90 Å². The zero-order valence-corrected chi connectivity index (χ0v) is 18.2. The molecule has 1 fully saturated rings. The van der Waals surface area contributed by atoms with E-state index in [4.69, 9.17) is 17.3 Å². The van der Waals surface area contributed by atoms with Gasteiger partial charge in [-0.1, -0.05) is 54.1 Å². The Kier molecular flexibility index (Phi) is 7.06. The van der Waals surface area contributed by atoms with Crippen molar-refractivity contribution in [1.29, 1.82) is 0 Å². The quantitative estimate of drug-likeness (QED) is 0.498. The lowest BCUT2D eigenvalue weighted by Gasteiger charge is -2.42. The van der Waals surface area contributed by atoms with Gasteiger partial charge in [0.15, 0.2) is 0 Å². The molecule has 0 amide bonds. The summed E-state index contributed by atoms with van der Waals surface area (Å²) in [4.78, 5) is 8.89. The first kappa shape index (κ1) is 21.6. The second kappa shape index (κ2) is 10.1. The van der Waals surface area contributed by atoms with Crippen LogP contribution < -0.4 is 10.6 Å². The molecule has 2 aromatic carbocycles. The first-order chi connectivity index (χ1) is 15.1. The van der Waals surface area contributed by atoms with E-state index >= 15 is 0 Å². The van der Waals surface area contributed by atoms with Gasteiger partial charge < -0.3 is 15.7 Å². The standard InChI is InChI=1S/C23H29ClN6O/c24-19-8-6-17(7-9-19)14-21(16-31)30(15-18-4-2-1-3-5-18)20-10-12-29(13-11-20)23-26-22(25)27-28-23/h1-9,20-21,31H,10-16H2,(H3,25,26,27,28)/t21-/m0/s1. The van der Waals surface area contributed by atoms with E-state index < -0.39 is 0 Å². The van der Waals surface area contributed by atoms with Gasteiger partial charge in [-0.2, -0.15) is 4.98 Å². The Labute approximate surface area is 187 Å². The third kappa shape index (κ3) is 5.55. The Bertz CT molecular complexity index is 940. The van der Waals surface area contributed by atoms with Crippen LogP contribution in [0, 0.1) is 0 Å². The third-order valence-corrected chi connectivity index (χ3v) is 6.23. The Morgan fingerprint density at radius 1 is 1.10 bits per heavy atom. The van der Waals surface area contributed by atoms with Gasteiger partial charge in [0, 0.05) is 36.7 Å². The number of nitrogens with two attached hydrogens (primary N) is 1. The minimum absolute atomic E-state index is 0.0251. The third-order valence-electron chi connectivity index (χ3n) is 5.98. The lowest BCUT2D eigenvalue weighted by Crippen LogP contribution is -2.50. The summed E-state index contributed by atoms with van der Waals surface area (Å²) in [5.41, 5.74) is 8.11. The minimum atomic E-state index is 0.0251. The topological polar surface area (TPSA) is 94.3 Å². The van der Waals surface area contributed by atoms with Crippen LogP contribution in [-0.4, -0.2) is 57.0 Å². The number of benzene rings is 2.